The SMILES string of the molecule is CCC1CCN(C/C(=C\N(C)C)C(C)=O)CC1. The van der Waals surface area contributed by atoms with E-state index in [1.165, 1.54) is 19.3 Å². The largest absolute Gasteiger partial charge is 0.383 e. The second kappa shape index (κ2) is 6.80. The van der Waals surface area contributed by atoms with Gasteiger partial charge in [0.15, 0.2) is 5.78 Å². The second-order valence-corrected chi connectivity index (χ2v) is 5.30. The van der Waals surface area contributed by atoms with E-state index in [4.69, 9.17) is 0 Å². The van der Waals surface area contributed by atoms with Crippen molar-refractivity contribution in [1.82, 2.24) is 9.80 Å². The van der Waals surface area contributed by atoms with Crippen molar-refractivity contribution in [1.29, 1.82) is 0 Å². The molecule has 0 amide bonds. The molecule has 1 rings (SSSR count). The predicted octanol–water partition coefficient (Wildman–Crippen LogP) is 2.14. The molecule has 1 saturated heterocycles. The van der Waals surface area contributed by atoms with Crippen LogP contribution in [0, 0.1) is 5.92 Å². The first-order valence-corrected chi connectivity index (χ1v) is 6.63. The number of carbonyl (C=O) groups excluding carboxylic acids is 1. The van der Waals surface area contributed by atoms with Crippen LogP contribution in [0.2, 0.25) is 0 Å². The molecule has 0 aromatic rings. The van der Waals surface area contributed by atoms with Gasteiger partial charge in [-0.2, -0.15) is 0 Å². The van der Waals surface area contributed by atoms with Crippen LogP contribution in [0.4, 0.5) is 0 Å². The fourth-order valence-corrected chi connectivity index (χ4v) is 2.35. The van der Waals surface area contributed by atoms with Crippen molar-refractivity contribution in [2.45, 2.75) is 33.1 Å². The van der Waals surface area contributed by atoms with Crippen LogP contribution in [0.1, 0.15) is 33.1 Å². The molecule has 1 aliphatic heterocycles. The molecule has 1 aliphatic rings. The van der Waals surface area contributed by atoms with E-state index in [1.807, 2.05) is 25.2 Å². The van der Waals surface area contributed by atoms with E-state index in [-0.39, 0.29) is 5.78 Å². The molecule has 0 unspecified atom stereocenters. The fourth-order valence-electron chi connectivity index (χ4n) is 2.35. The molecule has 0 saturated carbocycles. The van der Waals surface area contributed by atoms with Gasteiger partial charge in [0.05, 0.1) is 0 Å². The molecule has 0 N–H and O–H groups in total. The van der Waals surface area contributed by atoms with Crippen LogP contribution < -0.4 is 0 Å². The molecule has 0 aromatic carbocycles. The van der Waals surface area contributed by atoms with Crippen LogP contribution in [0.5, 0.6) is 0 Å². The molecule has 0 radical (unpaired) electrons. The Balaban J connectivity index is 2.49. The molecule has 0 aromatic heterocycles. The molecule has 98 valence electrons. The Morgan fingerprint density at radius 3 is 2.35 bits per heavy atom. The van der Waals surface area contributed by atoms with Crippen LogP contribution in [0.15, 0.2) is 11.8 Å². The molecule has 3 nitrogen and oxygen atoms in total. The third-order valence-corrected chi connectivity index (χ3v) is 3.54. The van der Waals surface area contributed by atoms with Gasteiger partial charge in [0.2, 0.25) is 0 Å². The lowest BCUT2D eigenvalue weighted by Gasteiger charge is -2.31. The highest BCUT2D eigenvalue weighted by Gasteiger charge is 2.19. The van der Waals surface area contributed by atoms with Crippen molar-refractivity contribution < 1.29 is 4.79 Å². The van der Waals surface area contributed by atoms with Gasteiger partial charge in [-0.15, -0.1) is 0 Å². The molecule has 0 atom stereocenters. The number of rotatable bonds is 5. The van der Waals surface area contributed by atoms with Gasteiger partial charge in [0.1, 0.15) is 0 Å². The summed E-state index contributed by atoms with van der Waals surface area (Å²) in [7, 11) is 3.93. The van der Waals surface area contributed by atoms with Crippen molar-refractivity contribution in [3.05, 3.63) is 11.8 Å². The molecule has 0 bridgehead atoms. The maximum atomic E-state index is 11.6. The van der Waals surface area contributed by atoms with Crippen molar-refractivity contribution in [2.24, 2.45) is 5.92 Å². The standard InChI is InChI=1S/C14H26N2O/c1-5-13-6-8-16(9-7-13)11-14(12(2)17)10-15(3)4/h10,13H,5-9,11H2,1-4H3/b14-10+. The first-order valence-electron chi connectivity index (χ1n) is 6.63. The van der Waals surface area contributed by atoms with Gasteiger partial charge in [0, 0.05) is 32.4 Å². The zero-order chi connectivity index (χ0) is 12.8. The summed E-state index contributed by atoms with van der Waals surface area (Å²) in [5.41, 5.74) is 0.921. The first kappa shape index (κ1) is 14.2. The van der Waals surface area contributed by atoms with E-state index in [1.54, 1.807) is 6.92 Å². The molecule has 1 fully saturated rings. The lowest BCUT2D eigenvalue weighted by atomic mass is 9.94. The van der Waals surface area contributed by atoms with Crippen LogP contribution in [0.3, 0.4) is 0 Å². The Hall–Kier alpha value is -0.830. The monoisotopic (exact) mass is 238 g/mol. The highest BCUT2D eigenvalue weighted by atomic mass is 16.1. The first-order chi connectivity index (χ1) is 8.02. The van der Waals surface area contributed by atoms with Crippen LogP contribution in [-0.2, 0) is 4.79 Å². The normalized spacial score (nSPS) is 19.4. The average molecular weight is 238 g/mol. The summed E-state index contributed by atoms with van der Waals surface area (Å²) >= 11 is 0. The number of hydrogen-bond donors (Lipinski definition) is 0. The second-order valence-electron chi connectivity index (χ2n) is 5.30. The minimum atomic E-state index is 0.191. The Bertz CT molecular complexity index is 276. The summed E-state index contributed by atoms with van der Waals surface area (Å²) < 4.78 is 0. The van der Waals surface area contributed by atoms with Gasteiger partial charge in [-0.3, -0.25) is 9.69 Å². The van der Waals surface area contributed by atoms with Crippen LogP contribution >= 0.6 is 0 Å². The summed E-state index contributed by atoms with van der Waals surface area (Å²) in [6, 6.07) is 0. The number of piperidine rings is 1. The highest BCUT2D eigenvalue weighted by molar-refractivity contribution is 5.93. The van der Waals surface area contributed by atoms with E-state index in [2.05, 4.69) is 11.8 Å². The summed E-state index contributed by atoms with van der Waals surface area (Å²) in [4.78, 5) is 15.9. The van der Waals surface area contributed by atoms with E-state index < -0.39 is 0 Å². The Morgan fingerprint density at radius 2 is 1.94 bits per heavy atom. The number of nitrogens with zero attached hydrogens (tertiary/aromatic N) is 2. The van der Waals surface area contributed by atoms with Crippen molar-refractivity contribution >= 4 is 5.78 Å². The summed E-state index contributed by atoms with van der Waals surface area (Å²) in [5.74, 6) is 1.08. The maximum absolute atomic E-state index is 11.6. The fraction of sp³-hybridized carbons (Fsp3) is 0.786. The maximum Gasteiger partial charge on any atom is 0.158 e. The lowest BCUT2D eigenvalue weighted by Crippen LogP contribution is -2.36. The molecular formula is C14H26N2O. The molecule has 1 heterocycles. The van der Waals surface area contributed by atoms with Gasteiger partial charge >= 0.3 is 0 Å². The van der Waals surface area contributed by atoms with Gasteiger partial charge < -0.3 is 4.90 Å². The van der Waals surface area contributed by atoms with Crippen molar-refractivity contribution in [3.8, 4) is 0 Å². The quantitative estimate of drug-likeness (QED) is 0.686. The number of hydrogen-bond acceptors (Lipinski definition) is 3. The van der Waals surface area contributed by atoms with Gasteiger partial charge in [-0.05, 0) is 38.8 Å². The van der Waals surface area contributed by atoms with Crippen molar-refractivity contribution in [2.75, 3.05) is 33.7 Å². The Kier molecular flexibility index (Phi) is 5.69. The molecule has 3 heteroatoms. The third kappa shape index (κ3) is 4.90. The minimum Gasteiger partial charge on any atom is -0.383 e. The zero-order valence-corrected chi connectivity index (χ0v) is 11.7. The minimum absolute atomic E-state index is 0.191. The summed E-state index contributed by atoms with van der Waals surface area (Å²) in [6.07, 6.45) is 5.81. The number of likely N-dealkylation sites (tertiary alicyclic amines) is 1. The summed E-state index contributed by atoms with van der Waals surface area (Å²) in [5, 5.41) is 0. The van der Waals surface area contributed by atoms with Gasteiger partial charge in [0.25, 0.3) is 0 Å². The average Bonchev–Trinajstić information content (AvgIpc) is 2.28. The number of Topliss-reactive ketones (excluding diaryl/α,β-unsaturated/α-hetero) is 1. The van der Waals surface area contributed by atoms with Crippen LogP contribution in [0.25, 0.3) is 0 Å². The smallest absolute Gasteiger partial charge is 0.158 e. The Morgan fingerprint density at radius 1 is 1.35 bits per heavy atom. The Labute approximate surface area is 105 Å². The molecular weight excluding hydrogens is 212 g/mol. The van der Waals surface area contributed by atoms with Crippen molar-refractivity contribution in [3.63, 3.8) is 0 Å². The number of carbonyl (C=O) groups is 1. The summed E-state index contributed by atoms with van der Waals surface area (Å²) in [6.45, 7) is 7.01. The highest BCUT2D eigenvalue weighted by Crippen LogP contribution is 2.20. The van der Waals surface area contributed by atoms with E-state index in [0.29, 0.717) is 0 Å². The van der Waals surface area contributed by atoms with Crippen LogP contribution in [-0.4, -0.2) is 49.3 Å². The van der Waals surface area contributed by atoms with E-state index >= 15 is 0 Å². The molecule has 17 heavy (non-hydrogen) atoms. The van der Waals surface area contributed by atoms with E-state index in [0.717, 1.165) is 31.1 Å². The van der Waals surface area contributed by atoms with E-state index in [9.17, 15) is 4.79 Å². The predicted molar refractivity (Wildman–Crippen MR) is 71.9 cm³/mol. The lowest BCUT2D eigenvalue weighted by molar-refractivity contribution is -0.114. The topological polar surface area (TPSA) is 23.6 Å². The zero-order valence-electron chi connectivity index (χ0n) is 11.7. The third-order valence-electron chi connectivity index (χ3n) is 3.54. The molecule has 0 spiro atoms. The number of ketones is 1. The van der Waals surface area contributed by atoms with Gasteiger partial charge in [-0.25, -0.2) is 0 Å². The molecule has 0 aliphatic carbocycles. The van der Waals surface area contributed by atoms with Gasteiger partial charge in [-0.1, -0.05) is 13.3 Å².